The molecule has 2 amide bonds. The second kappa shape index (κ2) is 13.7. The molecule has 7 heteroatoms. The van der Waals surface area contributed by atoms with Crippen LogP contribution in [0.15, 0.2) is 18.2 Å². The number of hydrogen-bond acceptors (Lipinski definition) is 4. The fraction of sp³-hybridized carbons (Fsp3) is 0.759. The highest BCUT2D eigenvalue weighted by Gasteiger charge is 2.49. The number of urea groups is 1. The number of likely N-dealkylation sites (tertiary alicyclic amines) is 1. The van der Waals surface area contributed by atoms with Crippen molar-refractivity contribution in [2.75, 3.05) is 33.9 Å². The summed E-state index contributed by atoms with van der Waals surface area (Å²) in [5.41, 5.74) is 6.10. The summed E-state index contributed by atoms with van der Waals surface area (Å²) in [5.74, 6) is 0.217. The van der Waals surface area contributed by atoms with Crippen molar-refractivity contribution < 1.29 is 19.0 Å². The number of aliphatic hydroxyl groups is 1. The predicted octanol–water partition coefficient (Wildman–Crippen LogP) is 5.10. The Balaban J connectivity index is 2.03. The third-order valence-electron chi connectivity index (χ3n) is 8.59. The van der Waals surface area contributed by atoms with E-state index in [2.05, 4.69) is 5.32 Å². The minimum absolute atomic E-state index is 0.163. The maximum absolute atomic E-state index is 14.6. The minimum Gasteiger partial charge on any atom is -0.385 e. The van der Waals surface area contributed by atoms with E-state index in [1.54, 1.807) is 7.11 Å². The van der Waals surface area contributed by atoms with Gasteiger partial charge in [-0.2, -0.15) is 0 Å². The number of carbonyl (C=O) groups is 1. The van der Waals surface area contributed by atoms with Crippen LogP contribution in [0.25, 0.3) is 0 Å². The quantitative estimate of drug-likeness (QED) is 0.345. The van der Waals surface area contributed by atoms with Crippen LogP contribution in [0.3, 0.4) is 0 Å². The van der Waals surface area contributed by atoms with Gasteiger partial charge in [0.2, 0.25) is 0 Å². The summed E-state index contributed by atoms with van der Waals surface area (Å²) in [5, 5.41) is 15.9. The van der Waals surface area contributed by atoms with Crippen molar-refractivity contribution >= 4 is 6.03 Å². The molecule has 6 nitrogen and oxygen atoms in total. The summed E-state index contributed by atoms with van der Waals surface area (Å²) in [6, 6.07) is 4.26. The lowest BCUT2D eigenvalue weighted by molar-refractivity contribution is -0.0937. The number of aryl methyl sites for hydroxylation is 1. The number of ether oxygens (including phenoxy) is 1. The van der Waals surface area contributed by atoms with Crippen LogP contribution in [0.2, 0.25) is 0 Å². The molecule has 1 aromatic rings. The van der Waals surface area contributed by atoms with Crippen molar-refractivity contribution in [2.24, 2.45) is 23.5 Å². The van der Waals surface area contributed by atoms with Gasteiger partial charge in [-0.05, 0) is 94.1 Å². The van der Waals surface area contributed by atoms with Crippen LogP contribution < -0.4 is 11.1 Å². The fourth-order valence-electron chi connectivity index (χ4n) is 7.01. The number of methoxy groups -OCH3 is 1. The number of halogens is 1. The van der Waals surface area contributed by atoms with E-state index in [9.17, 15) is 14.3 Å². The van der Waals surface area contributed by atoms with Gasteiger partial charge in [-0.15, -0.1) is 0 Å². The average Bonchev–Trinajstić information content (AvgIpc) is 2.86. The summed E-state index contributed by atoms with van der Waals surface area (Å²) in [4.78, 5) is 14.6. The Hall–Kier alpha value is -1.70. The summed E-state index contributed by atoms with van der Waals surface area (Å²) >= 11 is 0. The molecule has 0 bridgehead atoms. The molecule has 3 rings (SSSR count). The predicted molar refractivity (Wildman–Crippen MR) is 142 cm³/mol. The van der Waals surface area contributed by atoms with E-state index >= 15 is 0 Å². The number of nitrogens with zero attached hydrogens (tertiary/aromatic N) is 1. The third kappa shape index (κ3) is 7.20. The van der Waals surface area contributed by atoms with Crippen molar-refractivity contribution in [1.29, 1.82) is 0 Å². The Morgan fingerprint density at radius 2 is 1.97 bits per heavy atom. The number of nitrogens with one attached hydrogen (secondary N) is 1. The molecule has 2 fully saturated rings. The van der Waals surface area contributed by atoms with Crippen LogP contribution in [-0.2, 0) is 10.3 Å². The van der Waals surface area contributed by atoms with Crippen LogP contribution in [0.4, 0.5) is 9.18 Å². The molecule has 1 aliphatic carbocycles. The highest BCUT2D eigenvalue weighted by Crippen LogP contribution is 2.46. The standard InChI is InChI=1S/C29H48FN3O3/c1-21-16-24(19-25(30)17-21)29(35,13-7-8-15-36-3)26-12-9-14-33(28(31)34)27(26)23(20-32-2)18-22-10-5-4-6-11-22/h16-17,19,22-23,26-27,32,35H,4-15,18,20H2,1-3H3,(H2,31,34)/t23-,26?,27?,29+/m0/s1. The van der Waals surface area contributed by atoms with Gasteiger partial charge in [-0.1, -0.05) is 38.2 Å². The molecule has 1 saturated heterocycles. The van der Waals surface area contributed by atoms with E-state index in [1.807, 2.05) is 24.9 Å². The zero-order valence-corrected chi connectivity index (χ0v) is 22.6. The van der Waals surface area contributed by atoms with Gasteiger partial charge in [0.05, 0.1) is 5.60 Å². The Morgan fingerprint density at radius 1 is 1.22 bits per heavy atom. The van der Waals surface area contributed by atoms with E-state index in [-0.39, 0.29) is 23.7 Å². The summed E-state index contributed by atoms with van der Waals surface area (Å²) in [7, 11) is 3.63. The van der Waals surface area contributed by atoms with Crippen molar-refractivity contribution in [3.63, 3.8) is 0 Å². The van der Waals surface area contributed by atoms with Gasteiger partial charge >= 0.3 is 6.03 Å². The largest absolute Gasteiger partial charge is 0.385 e. The zero-order chi connectivity index (χ0) is 26.1. The number of benzene rings is 1. The van der Waals surface area contributed by atoms with Crippen LogP contribution >= 0.6 is 0 Å². The first-order valence-electron chi connectivity index (χ1n) is 14.0. The molecule has 1 aromatic carbocycles. The van der Waals surface area contributed by atoms with E-state index < -0.39 is 11.6 Å². The third-order valence-corrected chi connectivity index (χ3v) is 8.59. The van der Waals surface area contributed by atoms with Gasteiger partial charge in [-0.3, -0.25) is 0 Å². The molecule has 2 unspecified atom stereocenters. The molecule has 1 saturated carbocycles. The van der Waals surface area contributed by atoms with Crippen LogP contribution in [0.1, 0.15) is 81.8 Å². The van der Waals surface area contributed by atoms with E-state index in [1.165, 1.54) is 44.2 Å². The lowest BCUT2D eigenvalue weighted by atomic mass is 9.65. The normalized spacial score (nSPS) is 23.9. The number of nitrogens with two attached hydrogens (primary N) is 1. The first kappa shape index (κ1) is 28.9. The number of rotatable bonds is 12. The molecular weight excluding hydrogens is 457 g/mol. The van der Waals surface area contributed by atoms with Gasteiger partial charge in [-0.25, -0.2) is 9.18 Å². The zero-order valence-electron chi connectivity index (χ0n) is 22.6. The highest BCUT2D eigenvalue weighted by molar-refractivity contribution is 5.72. The Bertz CT molecular complexity index is 812. The number of unbranched alkanes of at least 4 members (excludes halogenated alkanes) is 1. The van der Waals surface area contributed by atoms with Gasteiger partial charge in [0.15, 0.2) is 0 Å². The molecule has 0 radical (unpaired) electrons. The van der Waals surface area contributed by atoms with Crippen molar-refractivity contribution in [3.8, 4) is 0 Å². The maximum Gasteiger partial charge on any atom is 0.315 e. The number of primary amides is 1. The van der Waals surface area contributed by atoms with Crippen LogP contribution in [0, 0.1) is 30.5 Å². The SMILES string of the molecule is CNC[C@H](CC1CCCCC1)C1C([C@@](O)(CCCCOC)c2cc(C)cc(F)c2)CCCN1C(N)=O. The Kier molecular flexibility index (Phi) is 11.0. The fourth-order valence-corrected chi connectivity index (χ4v) is 7.01. The minimum atomic E-state index is -1.27. The molecule has 4 N–H and O–H groups in total. The summed E-state index contributed by atoms with van der Waals surface area (Å²) in [6.45, 7) is 3.83. The van der Waals surface area contributed by atoms with Crippen molar-refractivity contribution in [1.82, 2.24) is 10.2 Å². The molecule has 1 aliphatic heterocycles. The molecular formula is C29H48FN3O3. The number of piperidine rings is 1. The molecule has 0 spiro atoms. The van der Waals surface area contributed by atoms with Gasteiger partial charge in [0.1, 0.15) is 5.82 Å². The molecule has 2 aliphatic rings. The molecule has 204 valence electrons. The van der Waals surface area contributed by atoms with Crippen molar-refractivity contribution in [3.05, 3.63) is 35.1 Å². The van der Waals surface area contributed by atoms with Crippen LogP contribution in [-0.4, -0.2) is 55.9 Å². The first-order chi connectivity index (χ1) is 17.3. The molecule has 4 atom stereocenters. The van der Waals surface area contributed by atoms with Gasteiger partial charge < -0.3 is 25.8 Å². The topological polar surface area (TPSA) is 87.8 Å². The molecule has 0 aromatic heterocycles. The molecule has 1 heterocycles. The Morgan fingerprint density at radius 3 is 2.61 bits per heavy atom. The van der Waals surface area contributed by atoms with Crippen molar-refractivity contribution in [2.45, 2.75) is 89.2 Å². The van der Waals surface area contributed by atoms with Crippen LogP contribution in [0.5, 0.6) is 0 Å². The lowest BCUT2D eigenvalue weighted by Gasteiger charge is -2.51. The van der Waals surface area contributed by atoms with Gasteiger partial charge in [0, 0.05) is 32.2 Å². The number of carbonyl (C=O) groups excluding carboxylic acids is 1. The monoisotopic (exact) mass is 505 g/mol. The Labute approximate surface area is 217 Å². The highest BCUT2D eigenvalue weighted by atomic mass is 19.1. The van der Waals surface area contributed by atoms with E-state index in [0.29, 0.717) is 31.1 Å². The molecule has 36 heavy (non-hydrogen) atoms. The van der Waals surface area contributed by atoms with E-state index in [4.69, 9.17) is 10.5 Å². The van der Waals surface area contributed by atoms with E-state index in [0.717, 1.165) is 44.2 Å². The second-order valence-electron chi connectivity index (χ2n) is 11.2. The summed E-state index contributed by atoms with van der Waals surface area (Å²) < 4.78 is 19.9. The lowest BCUT2D eigenvalue weighted by Crippen LogP contribution is -2.60. The smallest absolute Gasteiger partial charge is 0.315 e. The van der Waals surface area contributed by atoms with Gasteiger partial charge in [0.25, 0.3) is 0 Å². The number of hydrogen-bond donors (Lipinski definition) is 3. The summed E-state index contributed by atoms with van der Waals surface area (Å²) in [6.07, 6.45) is 10.9. The average molecular weight is 506 g/mol. The number of amides is 2. The maximum atomic E-state index is 14.6. The second-order valence-corrected chi connectivity index (χ2v) is 11.2. The first-order valence-corrected chi connectivity index (χ1v) is 14.0.